The molecule has 0 saturated heterocycles. The maximum Gasteiger partial charge on any atom is 0.238 e. The summed E-state index contributed by atoms with van der Waals surface area (Å²) in [5.41, 5.74) is -0.152. The maximum atomic E-state index is 11.3. The summed E-state index contributed by atoms with van der Waals surface area (Å²) in [5.74, 6) is 0.569. The van der Waals surface area contributed by atoms with Crippen molar-refractivity contribution >= 4 is 51.3 Å². The van der Waals surface area contributed by atoms with Crippen molar-refractivity contribution in [2.24, 2.45) is 10.1 Å². The van der Waals surface area contributed by atoms with E-state index in [9.17, 15) is 13.5 Å². The van der Waals surface area contributed by atoms with Crippen LogP contribution in [0.25, 0.3) is 0 Å². The number of nitrogens with two attached hydrogens (primary N) is 1. The number of hydrogen-bond donors (Lipinski definition) is 4. The van der Waals surface area contributed by atoms with Gasteiger partial charge in [0.05, 0.1) is 18.0 Å². The summed E-state index contributed by atoms with van der Waals surface area (Å²) in [4.78, 5) is 5.41. The van der Waals surface area contributed by atoms with Gasteiger partial charge in [-0.1, -0.05) is 18.2 Å². The molecule has 0 radical (unpaired) electrons. The molecule has 1 aromatic carbocycles. The number of guanidine groups is 1. The monoisotopic (exact) mass is 524 g/mol. The zero-order valence-corrected chi connectivity index (χ0v) is 19.1. The van der Waals surface area contributed by atoms with E-state index >= 15 is 0 Å². The van der Waals surface area contributed by atoms with Gasteiger partial charge in [0.2, 0.25) is 10.0 Å². The Morgan fingerprint density at radius 1 is 1.26 bits per heavy atom. The Labute approximate surface area is 181 Å². The lowest BCUT2D eigenvalue weighted by Crippen LogP contribution is -2.44. The summed E-state index contributed by atoms with van der Waals surface area (Å²) in [5, 5.41) is 23.9. The third-order valence-electron chi connectivity index (χ3n) is 3.67. The average molecular weight is 524 g/mol. The first kappa shape index (κ1) is 23.8. The molecule has 5 N–H and O–H groups in total. The molecule has 0 aliphatic carbocycles. The average Bonchev–Trinajstić information content (AvgIpc) is 3.12. The van der Waals surface area contributed by atoms with Gasteiger partial charge in [0.25, 0.3) is 0 Å². The highest BCUT2D eigenvalue weighted by Gasteiger charge is 2.24. The number of sulfonamides is 1. The van der Waals surface area contributed by atoms with Crippen LogP contribution in [0, 0.1) is 0 Å². The van der Waals surface area contributed by atoms with Crippen molar-refractivity contribution in [3.63, 3.8) is 0 Å². The number of aliphatic hydroxyl groups is 1. The van der Waals surface area contributed by atoms with Gasteiger partial charge in [-0.2, -0.15) is 0 Å². The Kier molecular flexibility index (Phi) is 9.15. The van der Waals surface area contributed by atoms with Gasteiger partial charge in [-0.3, -0.25) is 0 Å². The molecule has 1 heterocycles. The van der Waals surface area contributed by atoms with Gasteiger partial charge in [-0.05, 0) is 43.0 Å². The van der Waals surface area contributed by atoms with Gasteiger partial charge >= 0.3 is 0 Å². The number of primary sulfonamides is 1. The lowest BCUT2D eigenvalue weighted by Gasteiger charge is -2.23. The van der Waals surface area contributed by atoms with Gasteiger partial charge in [0.15, 0.2) is 5.96 Å². The normalized spacial score (nSPS) is 14.1. The van der Waals surface area contributed by atoms with E-state index in [1.165, 1.54) is 23.5 Å². The van der Waals surface area contributed by atoms with Crippen molar-refractivity contribution in [3.8, 4) is 0 Å². The number of nitrogens with one attached hydrogen (secondary N) is 2. The first-order valence-corrected chi connectivity index (χ1v) is 10.6. The molecule has 0 saturated carbocycles. The van der Waals surface area contributed by atoms with E-state index in [4.69, 9.17) is 5.14 Å². The molecule has 0 aliphatic rings. The summed E-state index contributed by atoms with van der Waals surface area (Å²) in [7, 11) is -3.69. The van der Waals surface area contributed by atoms with Crippen LogP contribution >= 0.6 is 35.3 Å². The second-order valence-corrected chi connectivity index (χ2v) is 8.50. The molecule has 27 heavy (non-hydrogen) atoms. The molecule has 7 nitrogen and oxygen atoms in total. The molecule has 0 spiro atoms. The molecule has 0 amide bonds. The van der Waals surface area contributed by atoms with E-state index in [0.717, 1.165) is 10.4 Å². The molecule has 1 aromatic heterocycles. The third-order valence-corrected chi connectivity index (χ3v) is 5.72. The van der Waals surface area contributed by atoms with Crippen molar-refractivity contribution < 1.29 is 13.5 Å². The fraction of sp³-hybridized carbons (Fsp3) is 0.353. The van der Waals surface area contributed by atoms with E-state index in [-0.39, 0.29) is 28.9 Å². The lowest BCUT2D eigenvalue weighted by atomic mass is 10.1. The standard InChI is InChI=1S/C17H24N4O3S2.HI/c1-3-19-16(21-12-17(2,22)15-5-4-10-25-15)20-11-13-6-8-14(9-7-13)26(18,23)24;/h4-10,22H,3,11-12H2,1-2H3,(H2,18,23,24)(H2,19,20,21);1H. The number of nitrogens with zero attached hydrogens (tertiary/aromatic N) is 1. The fourth-order valence-electron chi connectivity index (χ4n) is 2.22. The molecule has 0 bridgehead atoms. The summed E-state index contributed by atoms with van der Waals surface area (Å²) < 4.78 is 22.6. The summed E-state index contributed by atoms with van der Waals surface area (Å²) >= 11 is 1.50. The predicted molar refractivity (Wildman–Crippen MR) is 120 cm³/mol. The summed E-state index contributed by atoms with van der Waals surface area (Å²) in [6.45, 7) is 5.05. The van der Waals surface area contributed by atoms with Crippen molar-refractivity contribution in [3.05, 3.63) is 52.2 Å². The number of thiophene rings is 1. The molecule has 150 valence electrons. The Bertz CT molecular complexity index is 836. The van der Waals surface area contributed by atoms with Crippen LogP contribution in [0.5, 0.6) is 0 Å². The van der Waals surface area contributed by atoms with Crippen LogP contribution in [-0.2, 0) is 22.2 Å². The van der Waals surface area contributed by atoms with Crippen LogP contribution in [0.15, 0.2) is 51.7 Å². The van der Waals surface area contributed by atoms with Crippen molar-refractivity contribution in [2.75, 3.05) is 13.1 Å². The fourth-order valence-corrected chi connectivity index (χ4v) is 3.53. The maximum absolute atomic E-state index is 11.3. The topological polar surface area (TPSA) is 117 Å². The van der Waals surface area contributed by atoms with Crippen LogP contribution in [0.4, 0.5) is 0 Å². The largest absolute Gasteiger partial charge is 0.383 e. The Morgan fingerprint density at radius 2 is 1.93 bits per heavy atom. The van der Waals surface area contributed by atoms with Crippen LogP contribution in [0.2, 0.25) is 0 Å². The van der Waals surface area contributed by atoms with E-state index in [1.807, 2.05) is 24.4 Å². The Balaban J connectivity index is 0.00000364. The molecule has 1 atom stereocenters. The predicted octanol–water partition coefficient (Wildman–Crippen LogP) is 1.98. The lowest BCUT2D eigenvalue weighted by molar-refractivity contribution is 0.0655. The molecule has 10 heteroatoms. The van der Waals surface area contributed by atoms with Gasteiger partial charge in [-0.25, -0.2) is 18.5 Å². The number of aliphatic imine (C=N–C) groups is 1. The Hall–Kier alpha value is -1.21. The minimum Gasteiger partial charge on any atom is -0.383 e. The van der Waals surface area contributed by atoms with E-state index < -0.39 is 15.6 Å². The SMILES string of the molecule is CCNC(=NCc1ccc(S(N)(=O)=O)cc1)NCC(C)(O)c1cccs1.I. The highest BCUT2D eigenvalue weighted by atomic mass is 127. The zero-order chi connectivity index (χ0) is 19.2. The highest BCUT2D eigenvalue weighted by molar-refractivity contribution is 14.0. The second-order valence-electron chi connectivity index (χ2n) is 5.99. The molecule has 1 unspecified atom stereocenters. The Morgan fingerprint density at radius 3 is 2.44 bits per heavy atom. The van der Waals surface area contributed by atoms with E-state index in [2.05, 4.69) is 15.6 Å². The second kappa shape index (κ2) is 10.4. The summed E-state index contributed by atoms with van der Waals surface area (Å²) in [6.07, 6.45) is 0. The molecule has 2 aromatic rings. The number of hydrogen-bond acceptors (Lipinski definition) is 5. The highest BCUT2D eigenvalue weighted by Crippen LogP contribution is 2.24. The van der Waals surface area contributed by atoms with Gasteiger partial charge in [0.1, 0.15) is 5.60 Å². The first-order valence-electron chi connectivity index (χ1n) is 8.12. The number of rotatable bonds is 7. The van der Waals surface area contributed by atoms with Crippen LogP contribution < -0.4 is 15.8 Å². The van der Waals surface area contributed by atoms with Crippen LogP contribution in [0.3, 0.4) is 0 Å². The summed E-state index contributed by atoms with van der Waals surface area (Å²) in [6, 6.07) is 10.1. The quantitative estimate of drug-likeness (QED) is 0.251. The van der Waals surface area contributed by atoms with Crippen molar-refractivity contribution in [2.45, 2.75) is 30.9 Å². The number of benzene rings is 1. The molecule has 0 fully saturated rings. The molecule has 2 rings (SSSR count). The van der Waals surface area contributed by atoms with E-state index in [1.54, 1.807) is 19.1 Å². The zero-order valence-electron chi connectivity index (χ0n) is 15.2. The van der Waals surface area contributed by atoms with E-state index in [0.29, 0.717) is 25.6 Å². The first-order chi connectivity index (χ1) is 12.2. The van der Waals surface area contributed by atoms with Gasteiger partial charge < -0.3 is 15.7 Å². The molecule has 0 aliphatic heterocycles. The smallest absolute Gasteiger partial charge is 0.238 e. The third kappa shape index (κ3) is 7.37. The van der Waals surface area contributed by atoms with Crippen molar-refractivity contribution in [1.82, 2.24) is 10.6 Å². The minimum atomic E-state index is -3.69. The van der Waals surface area contributed by atoms with Crippen LogP contribution in [0.1, 0.15) is 24.3 Å². The van der Waals surface area contributed by atoms with Crippen LogP contribution in [-0.4, -0.2) is 32.6 Å². The van der Waals surface area contributed by atoms with Gasteiger partial charge in [-0.15, -0.1) is 35.3 Å². The van der Waals surface area contributed by atoms with Gasteiger partial charge in [0, 0.05) is 11.4 Å². The molecular formula is C17H25IN4O3S2. The minimum absolute atomic E-state index is 0. The van der Waals surface area contributed by atoms with Crippen molar-refractivity contribution in [1.29, 1.82) is 0 Å². The molecular weight excluding hydrogens is 499 g/mol. The number of halogens is 1.